The van der Waals surface area contributed by atoms with Crippen LogP contribution in [0.5, 0.6) is 0 Å². The smallest absolute Gasteiger partial charge is 0.0636 e. The van der Waals surface area contributed by atoms with Crippen LogP contribution in [0.4, 0.5) is 11.4 Å². The maximum absolute atomic E-state index is 5.91. The summed E-state index contributed by atoms with van der Waals surface area (Å²) in [6.45, 7) is 0. The Morgan fingerprint density at radius 1 is 0.875 bits per heavy atom. The SMILES string of the molecule is Nc1cccc(C(=S)c2ccccc2)c1N. The first kappa shape index (κ1) is 10.6. The lowest BCUT2D eigenvalue weighted by molar-refractivity contribution is 1.60. The Balaban J connectivity index is 2.46. The van der Waals surface area contributed by atoms with Gasteiger partial charge in [-0.2, -0.15) is 0 Å². The number of thiocarbonyl (C=S) groups is 1. The molecule has 0 saturated carbocycles. The van der Waals surface area contributed by atoms with Gasteiger partial charge >= 0.3 is 0 Å². The van der Waals surface area contributed by atoms with Crippen molar-refractivity contribution in [2.45, 2.75) is 0 Å². The Labute approximate surface area is 99.9 Å². The van der Waals surface area contributed by atoms with E-state index < -0.39 is 0 Å². The van der Waals surface area contributed by atoms with E-state index in [-0.39, 0.29) is 0 Å². The molecule has 0 heterocycles. The summed E-state index contributed by atoms with van der Waals surface area (Å²) in [5.41, 5.74) is 14.6. The largest absolute Gasteiger partial charge is 0.397 e. The van der Waals surface area contributed by atoms with Crippen molar-refractivity contribution < 1.29 is 0 Å². The summed E-state index contributed by atoms with van der Waals surface area (Å²) in [7, 11) is 0. The average molecular weight is 228 g/mol. The second kappa shape index (κ2) is 4.33. The monoisotopic (exact) mass is 228 g/mol. The van der Waals surface area contributed by atoms with E-state index >= 15 is 0 Å². The second-order valence-electron chi connectivity index (χ2n) is 3.50. The first-order valence-electron chi connectivity index (χ1n) is 4.94. The molecule has 0 radical (unpaired) electrons. The number of benzene rings is 2. The molecule has 0 saturated heterocycles. The first-order valence-corrected chi connectivity index (χ1v) is 5.34. The summed E-state index contributed by atoms with van der Waals surface area (Å²) < 4.78 is 0. The predicted octanol–water partition coefficient (Wildman–Crippen LogP) is 2.62. The topological polar surface area (TPSA) is 52.0 Å². The van der Waals surface area contributed by atoms with Gasteiger partial charge in [0.1, 0.15) is 0 Å². The fourth-order valence-electron chi connectivity index (χ4n) is 1.53. The van der Waals surface area contributed by atoms with E-state index in [1.165, 1.54) is 0 Å². The van der Waals surface area contributed by atoms with Crippen LogP contribution in [0.2, 0.25) is 0 Å². The maximum Gasteiger partial charge on any atom is 0.0636 e. The average Bonchev–Trinajstić information content (AvgIpc) is 2.33. The number of para-hydroxylation sites is 1. The normalized spacial score (nSPS) is 10.0. The van der Waals surface area contributed by atoms with Crippen LogP contribution in [-0.4, -0.2) is 4.86 Å². The summed E-state index contributed by atoms with van der Waals surface area (Å²) in [4.78, 5) is 0.727. The van der Waals surface area contributed by atoms with Gasteiger partial charge in [0, 0.05) is 5.56 Å². The molecule has 3 heteroatoms. The minimum atomic E-state index is 0.552. The van der Waals surface area contributed by atoms with Crippen LogP contribution < -0.4 is 11.5 Å². The lowest BCUT2D eigenvalue weighted by Gasteiger charge is -2.09. The molecule has 0 bridgehead atoms. The summed E-state index contributed by atoms with van der Waals surface area (Å²) in [6.07, 6.45) is 0. The molecule has 2 aromatic carbocycles. The predicted molar refractivity (Wildman–Crippen MR) is 72.5 cm³/mol. The van der Waals surface area contributed by atoms with E-state index in [9.17, 15) is 0 Å². The quantitative estimate of drug-likeness (QED) is 0.472. The molecule has 0 aliphatic rings. The van der Waals surface area contributed by atoms with E-state index in [1.807, 2.05) is 42.5 Å². The molecular formula is C13H12N2S. The summed E-state index contributed by atoms with van der Waals surface area (Å²) >= 11 is 5.40. The van der Waals surface area contributed by atoms with Crippen molar-refractivity contribution in [3.8, 4) is 0 Å². The van der Waals surface area contributed by atoms with E-state index in [0.717, 1.165) is 16.0 Å². The third-order valence-electron chi connectivity index (χ3n) is 2.42. The first-order chi connectivity index (χ1) is 7.70. The van der Waals surface area contributed by atoms with Gasteiger partial charge in [-0.05, 0) is 11.6 Å². The Bertz CT molecular complexity index is 521. The molecule has 4 N–H and O–H groups in total. The van der Waals surface area contributed by atoms with Crippen molar-refractivity contribution in [3.63, 3.8) is 0 Å². The van der Waals surface area contributed by atoms with Gasteiger partial charge in [-0.25, -0.2) is 0 Å². The molecule has 2 nitrogen and oxygen atoms in total. The number of anilines is 2. The molecule has 0 aromatic heterocycles. The lowest BCUT2D eigenvalue weighted by Crippen LogP contribution is -2.06. The van der Waals surface area contributed by atoms with Crippen LogP contribution in [-0.2, 0) is 0 Å². The van der Waals surface area contributed by atoms with Gasteiger partial charge in [0.15, 0.2) is 0 Å². The zero-order valence-corrected chi connectivity index (χ0v) is 9.50. The van der Waals surface area contributed by atoms with Crippen LogP contribution in [0.3, 0.4) is 0 Å². The molecule has 0 fully saturated rings. The highest BCUT2D eigenvalue weighted by Gasteiger charge is 2.08. The molecule has 0 spiro atoms. The number of rotatable bonds is 2. The van der Waals surface area contributed by atoms with Crippen molar-refractivity contribution in [1.29, 1.82) is 0 Å². The fourth-order valence-corrected chi connectivity index (χ4v) is 1.84. The van der Waals surface area contributed by atoms with Crippen LogP contribution in [0.15, 0.2) is 48.5 Å². The van der Waals surface area contributed by atoms with E-state index in [1.54, 1.807) is 6.07 Å². The van der Waals surface area contributed by atoms with E-state index in [0.29, 0.717) is 11.4 Å². The minimum absolute atomic E-state index is 0.552. The third kappa shape index (κ3) is 1.90. The van der Waals surface area contributed by atoms with Crippen molar-refractivity contribution >= 4 is 28.5 Å². The maximum atomic E-state index is 5.91. The van der Waals surface area contributed by atoms with Gasteiger partial charge in [-0.1, -0.05) is 54.7 Å². The number of hydrogen-bond donors (Lipinski definition) is 2. The van der Waals surface area contributed by atoms with Crippen molar-refractivity contribution in [1.82, 2.24) is 0 Å². The number of nitrogen functional groups attached to an aromatic ring is 2. The molecule has 2 rings (SSSR count). The van der Waals surface area contributed by atoms with Gasteiger partial charge in [0.25, 0.3) is 0 Å². The summed E-state index contributed by atoms with van der Waals surface area (Å²) in [5.74, 6) is 0. The number of hydrogen-bond acceptors (Lipinski definition) is 3. The third-order valence-corrected chi connectivity index (χ3v) is 2.88. The van der Waals surface area contributed by atoms with Crippen molar-refractivity contribution in [2.75, 3.05) is 11.5 Å². The molecule has 0 unspecified atom stereocenters. The van der Waals surface area contributed by atoms with Gasteiger partial charge in [-0.3, -0.25) is 0 Å². The molecule has 0 aliphatic heterocycles. The van der Waals surface area contributed by atoms with Crippen LogP contribution in [0.25, 0.3) is 0 Å². The standard InChI is InChI=1S/C13H12N2S/c14-11-8-4-7-10(12(11)15)13(16)9-5-2-1-3-6-9/h1-8H,14-15H2. The fraction of sp³-hybridized carbons (Fsp3) is 0. The van der Waals surface area contributed by atoms with Crippen LogP contribution in [0.1, 0.15) is 11.1 Å². The van der Waals surface area contributed by atoms with Gasteiger partial charge in [0.05, 0.1) is 16.2 Å². The highest BCUT2D eigenvalue weighted by atomic mass is 32.1. The lowest BCUT2D eigenvalue weighted by atomic mass is 10.0. The van der Waals surface area contributed by atoms with Crippen LogP contribution >= 0.6 is 12.2 Å². The Hall–Kier alpha value is -1.87. The second-order valence-corrected chi connectivity index (χ2v) is 3.91. The van der Waals surface area contributed by atoms with Gasteiger partial charge in [0.2, 0.25) is 0 Å². The zero-order chi connectivity index (χ0) is 11.5. The van der Waals surface area contributed by atoms with E-state index in [4.69, 9.17) is 23.7 Å². The highest BCUT2D eigenvalue weighted by Crippen LogP contribution is 2.22. The van der Waals surface area contributed by atoms with Gasteiger partial charge < -0.3 is 11.5 Å². The van der Waals surface area contributed by atoms with E-state index in [2.05, 4.69) is 0 Å². The molecular weight excluding hydrogens is 216 g/mol. The van der Waals surface area contributed by atoms with Gasteiger partial charge in [-0.15, -0.1) is 0 Å². The molecule has 2 aromatic rings. The molecule has 0 atom stereocenters. The zero-order valence-electron chi connectivity index (χ0n) is 8.68. The summed E-state index contributed by atoms with van der Waals surface area (Å²) in [6, 6.07) is 15.3. The highest BCUT2D eigenvalue weighted by molar-refractivity contribution is 7.81. The Morgan fingerprint density at radius 2 is 1.56 bits per heavy atom. The molecule has 0 aliphatic carbocycles. The number of nitrogens with two attached hydrogens (primary N) is 2. The Kier molecular flexibility index (Phi) is 2.88. The Morgan fingerprint density at radius 3 is 2.25 bits per heavy atom. The summed E-state index contributed by atoms with van der Waals surface area (Å²) in [5, 5.41) is 0. The molecule has 16 heavy (non-hydrogen) atoms. The molecule has 80 valence electrons. The van der Waals surface area contributed by atoms with Crippen LogP contribution in [0, 0.1) is 0 Å². The minimum Gasteiger partial charge on any atom is -0.397 e. The van der Waals surface area contributed by atoms with Crippen molar-refractivity contribution in [3.05, 3.63) is 59.7 Å². The van der Waals surface area contributed by atoms with Crippen molar-refractivity contribution in [2.24, 2.45) is 0 Å². The molecule has 0 amide bonds.